The van der Waals surface area contributed by atoms with Crippen LogP contribution in [-0.2, 0) is 20.9 Å². The van der Waals surface area contributed by atoms with E-state index in [0.29, 0.717) is 23.8 Å². The summed E-state index contributed by atoms with van der Waals surface area (Å²) in [6.45, 7) is 4.32. The van der Waals surface area contributed by atoms with Crippen LogP contribution in [0.5, 0.6) is 0 Å². The fourth-order valence-corrected chi connectivity index (χ4v) is 3.19. The molecule has 1 atom stereocenters. The minimum atomic E-state index is -0.495. The number of aryl methyl sites for hydroxylation is 2. The van der Waals surface area contributed by atoms with Crippen molar-refractivity contribution in [3.63, 3.8) is 0 Å². The Balaban J connectivity index is 1.36. The normalized spacial score (nSPS) is 16.6. The first-order valence-corrected chi connectivity index (χ1v) is 9.05. The molecule has 0 saturated carbocycles. The minimum absolute atomic E-state index is 0.0165. The van der Waals surface area contributed by atoms with Crippen LogP contribution in [0.1, 0.15) is 23.2 Å². The van der Waals surface area contributed by atoms with Crippen LogP contribution in [0.3, 0.4) is 0 Å². The van der Waals surface area contributed by atoms with Gasteiger partial charge in [-0.25, -0.2) is 0 Å². The van der Waals surface area contributed by atoms with Crippen LogP contribution in [0.25, 0.3) is 11.5 Å². The summed E-state index contributed by atoms with van der Waals surface area (Å²) in [7, 11) is 0. The highest BCUT2D eigenvalue weighted by Crippen LogP contribution is 2.28. The molecule has 4 rings (SSSR count). The van der Waals surface area contributed by atoms with E-state index < -0.39 is 11.9 Å². The Morgan fingerprint density at radius 1 is 1.21 bits per heavy atom. The third-order valence-corrected chi connectivity index (χ3v) is 4.95. The molecule has 1 aliphatic heterocycles. The van der Waals surface area contributed by atoms with E-state index >= 15 is 0 Å². The van der Waals surface area contributed by atoms with Crippen molar-refractivity contribution in [1.82, 2.24) is 5.16 Å². The number of esters is 1. The molecule has 0 bridgehead atoms. The number of amides is 1. The van der Waals surface area contributed by atoms with Gasteiger partial charge in [0.25, 0.3) is 0 Å². The molecule has 28 heavy (non-hydrogen) atoms. The zero-order valence-corrected chi connectivity index (χ0v) is 15.7. The Labute approximate surface area is 161 Å². The monoisotopic (exact) mass is 380 g/mol. The Bertz CT molecular complexity index is 1010. The third-order valence-electron chi connectivity index (χ3n) is 4.95. The zero-order chi connectivity index (χ0) is 19.7. The smallest absolute Gasteiger partial charge is 0.311 e. The number of benzene rings is 1. The van der Waals surface area contributed by atoms with E-state index in [9.17, 15) is 9.59 Å². The Kier molecular flexibility index (Phi) is 4.73. The number of hydrogen-bond donors (Lipinski definition) is 0. The molecule has 0 radical (unpaired) electrons. The van der Waals surface area contributed by atoms with Gasteiger partial charge in [0.2, 0.25) is 11.7 Å². The molecule has 3 heterocycles. The van der Waals surface area contributed by atoms with E-state index in [0.717, 1.165) is 16.8 Å². The van der Waals surface area contributed by atoms with Crippen molar-refractivity contribution in [2.45, 2.75) is 26.9 Å². The summed E-state index contributed by atoms with van der Waals surface area (Å²) < 4.78 is 15.8. The Morgan fingerprint density at radius 3 is 2.82 bits per heavy atom. The molecular formula is C21H20N2O5. The fourth-order valence-electron chi connectivity index (χ4n) is 3.19. The van der Waals surface area contributed by atoms with Crippen LogP contribution in [-0.4, -0.2) is 23.6 Å². The molecule has 0 spiro atoms. The molecule has 3 aromatic rings. The summed E-state index contributed by atoms with van der Waals surface area (Å²) in [6, 6.07) is 11.0. The quantitative estimate of drug-likeness (QED) is 0.628. The van der Waals surface area contributed by atoms with Crippen LogP contribution in [0.2, 0.25) is 0 Å². The van der Waals surface area contributed by atoms with E-state index in [2.05, 4.69) is 5.16 Å². The Hall–Kier alpha value is -3.35. The molecule has 1 fully saturated rings. The number of ether oxygens (including phenoxy) is 1. The first-order chi connectivity index (χ1) is 13.5. The molecule has 7 heteroatoms. The van der Waals surface area contributed by atoms with Gasteiger partial charge in [0.15, 0.2) is 5.76 Å². The standard InChI is InChI=1S/C21H20N2O5/c1-13-5-6-17(8-14(13)2)23-11-15(9-20(23)24)21(25)27-12-16-10-19(28-22-16)18-4-3-7-26-18/h3-8,10,15H,9,11-12H2,1-2H3. The number of furan rings is 1. The van der Waals surface area contributed by atoms with Crippen molar-refractivity contribution in [2.24, 2.45) is 5.92 Å². The molecule has 1 unspecified atom stereocenters. The topological polar surface area (TPSA) is 85.8 Å². The lowest BCUT2D eigenvalue weighted by atomic mass is 10.1. The molecule has 1 aliphatic rings. The van der Waals surface area contributed by atoms with E-state index in [1.807, 2.05) is 32.0 Å². The molecule has 1 aromatic carbocycles. The van der Waals surface area contributed by atoms with Gasteiger partial charge in [0, 0.05) is 24.7 Å². The second kappa shape index (κ2) is 7.34. The lowest BCUT2D eigenvalue weighted by Gasteiger charge is -2.17. The number of carbonyl (C=O) groups is 2. The zero-order valence-electron chi connectivity index (χ0n) is 15.7. The number of rotatable bonds is 5. The average Bonchev–Trinajstić information content (AvgIpc) is 3.42. The van der Waals surface area contributed by atoms with Gasteiger partial charge in [0.05, 0.1) is 12.2 Å². The van der Waals surface area contributed by atoms with E-state index in [1.54, 1.807) is 23.1 Å². The van der Waals surface area contributed by atoms with Gasteiger partial charge in [-0.3, -0.25) is 9.59 Å². The van der Waals surface area contributed by atoms with Crippen LogP contribution in [0.15, 0.2) is 51.6 Å². The molecule has 0 aliphatic carbocycles. The van der Waals surface area contributed by atoms with Crippen molar-refractivity contribution in [2.75, 3.05) is 11.4 Å². The SMILES string of the molecule is Cc1ccc(N2CC(C(=O)OCc3cc(-c4ccco4)on3)CC2=O)cc1C. The summed E-state index contributed by atoms with van der Waals surface area (Å²) in [5.74, 6) is 0.0306. The number of anilines is 1. The van der Waals surface area contributed by atoms with Crippen LogP contribution in [0, 0.1) is 19.8 Å². The maximum Gasteiger partial charge on any atom is 0.311 e. The van der Waals surface area contributed by atoms with Gasteiger partial charge < -0.3 is 18.6 Å². The molecule has 7 nitrogen and oxygen atoms in total. The highest BCUT2D eigenvalue weighted by atomic mass is 16.5. The third kappa shape index (κ3) is 3.55. The average molecular weight is 380 g/mol. The largest absolute Gasteiger partial charge is 0.461 e. The number of aromatic nitrogens is 1. The van der Waals surface area contributed by atoms with Gasteiger partial charge in [-0.15, -0.1) is 0 Å². The van der Waals surface area contributed by atoms with Crippen molar-refractivity contribution in [3.05, 3.63) is 59.5 Å². The summed E-state index contributed by atoms with van der Waals surface area (Å²) >= 11 is 0. The Morgan fingerprint density at radius 2 is 2.07 bits per heavy atom. The maximum absolute atomic E-state index is 12.4. The first-order valence-electron chi connectivity index (χ1n) is 9.05. The van der Waals surface area contributed by atoms with Crippen molar-refractivity contribution in [1.29, 1.82) is 0 Å². The molecule has 2 aromatic heterocycles. The molecule has 144 valence electrons. The van der Waals surface area contributed by atoms with E-state index in [-0.39, 0.29) is 18.9 Å². The van der Waals surface area contributed by atoms with Gasteiger partial charge in [-0.1, -0.05) is 11.2 Å². The second-order valence-corrected chi connectivity index (χ2v) is 6.94. The summed E-state index contributed by atoms with van der Waals surface area (Å²) in [5.41, 5.74) is 3.56. The predicted octanol–water partition coefficient (Wildman–Crippen LogP) is 3.65. The van der Waals surface area contributed by atoms with Gasteiger partial charge in [0.1, 0.15) is 12.3 Å². The van der Waals surface area contributed by atoms with Gasteiger partial charge >= 0.3 is 5.97 Å². The van der Waals surface area contributed by atoms with Crippen LogP contribution >= 0.6 is 0 Å². The fraction of sp³-hybridized carbons (Fsp3) is 0.286. The maximum atomic E-state index is 12.4. The first kappa shape index (κ1) is 18.0. The van der Waals surface area contributed by atoms with Crippen molar-refractivity contribution >= 4 is 17.6 Å². The number of hydrogen-bond acceptors (Lipinski definition) is 6. The lowest BCUT2D eigenvalue weighted by molar-refractivity contribution is -0.149. The minimum Gasteiger partial charge on any atom is -0.461 e. The van der Waals surface area contributed by atoms with Crippen LogP contribution in [0.4, 0.5) is 5.69 Å². The predicted molar refractivity (Wildman–Crippen MR) is 100 cm³/mol. The van der Waals surface area contributed by atoms with Gasteiger partial charge in [-0.2, -0.15) is 0 Å². The van der Waals surface area contributed by atoms with Crippen molar-refractivity contribution < 1.29 is 23.3 Å². The summed E-state index contributed by atoms with van der Waals surface area (Å²) in [6.07, 6.45) is 1.68. The lowest BCUT2D eigenvalue weighted by Crippen LogP contribution is -2.26. The van der Waals surface area contributed by atoms with E-state index in [4.69, 9.17) is 13.7 Å². The number of carbonyl (C=O) groups excluding carboxylic acids is 2. The molecule has 1 amide bonds. The summed E-state index contributed by atoms with van der Waals surface area (Å²) in [5, 5.41) is 3.88. The molecular weight excluding hydrogens is 360 g/mol. The van der Waals surface area contributed by atoms with E-state index in [1.165, 1.54) is 6.26 Å². The summed E-state index contributed by atoms with van der Waals surface area (Å²) in [4.78, 5) is 26.4. The number of nitrogens with zero attached hydrogens (tertiary/aromatic N) is 2. The van der Waals surface area contributed by atoms with Crippen LogP contribution < -0.4 is 4.90 Å². The van der Waals surface area contributed by atoms with Crippen molar-refractivity contribution in [3.8, 4) is 11.5 Å². The van der Waals surface area contributed by atoms with Gasteiger partial charge in [-0.05, 0) is 49.2 Å². The molecule has 1 saturated heterocycles. The molecule has 0 N–H and O–H groups in total. The highest BCUT2D eigenvalue weighted by molar-refractivity contribution is 5.99. The highest BCUT2D eigenvalue weighted by Gasteiger charge is 2.36. The second-order valence-electron chi connectivity index (χ2n) is 6.94.